The Morgan fingerprint density at radius 1 is 1.00 bits per heavy atom. The summed E-state index contributed by atoms with van der Waals surface area (Å²) in [4.78, 5) is 3.97. The van der Waals surface area contributed by atoms with E-state index in [1.165, 1.54) is 35.8 Å². The number of nitrogens with zero attached hydrogens (tertiary/aromatic N) is 2. The second kappa shape index (κ2) is 11.0. The van der Waals surface area contributed by atoms with Crippen LogP contribution >= 0.6 is 11.8 Å². The molecule has 3 aromatic carbocycles. The predicted molar refractivity (Wildman–Crippen MR) is 135 cm³/mol. The molecule has 0 saturated heterocycles. The van der Waals surface area contributed by atoms with E-state index in [4.69, 9.17) is 5.26 Å². The standard InChI is InChI=1S/C29H22F2N2S/c1-2-3-4-22-14-24-10-7-21(13-25(24)15-22)6-5-20-8-11-26(12-9-20)33-18-23-16-27(30)29(34-19-32)28(31)17-23/h7-13,15-18H,2-4,14H2,1H3. The SMILES string of the molecule is CCCCC1=Cc2cc(C#Cc3ccc(N=Cc4cc(F)c(SC#N)c(F)c4)cc3)ccc2C1. The van der Waals surface area contributed by atoms with Crippen LogP contribution in [-0.4, -0.2) is 6.21 Å². The molecule has 0 N–H and O–H groups in total. The normalized spacial score (nSPS) is 12.1. The number of halogens is 2. The Hall–Kier alpha value is -3.67. The van der Waals surface area contributed by atoms with E-state index in [9.17, 15) is 8.78 Å². The largest absolute Gasteiger partial charge is 0.256 e. The summed E-state index contributed by atoms with van der Waals surface area (Å²) >= 11 is 0.460. The zero-order valence-electron chi connectivity index (χ0n) is 18.7. The van der Waals surface area contributed by atoms with Gasteiger partial charge in [0.1, 0.15) is 17.0 Å². The van der Waals surface area contributed by atoms with Gasteiger partial charge >= 0.3 is 0 Å². The van der Waals surface area contributed by atoms with Gasteiger partial charge in [0.05, 0.1) is 10.6 Å². The second-order valence-corrected chi connectivity index (χ2v) is 8.85. The number of hydrogen-bond acceptors (Lipinski definition) is 3. The molecule has 0 unspecified atom stereocenters. The van der Waals surface area contributed by atoms with Crippen LogP contribution in [-0.2, 0) is 6.42 Å². The molecule has 0 bridgehead atoms. The van der Waals surface area contributed by atoms with Crippen LogP contribution in [0, 0.1) is 34.1 Å². The molecule has 1 aliphatic rings. The fourth-order valence-electron chi connectivity index (χ4n) is 3.77. The van der Waals surface area contributed by atoms with Crippen molar-refractivity contribution in [3.63, 3.8) is 0 Å². The van der Waals surface area contributed by atoms with Gasteiger partial charge in [-0.25, -0.2) is 8.78 Å². The van der Waals surface area contributed by atoms with Gasteiger partial charge in [0.15, 0.2) is 0 Å². The van der Waals surface area contributed by atoms with Gasteiger partial charge in [0.2, 0.25) is 0 Å². The van der Waals surface area contributed by atoms with Crippen LogP contribution in [0.4, 0.5) is 14.5 Å². The van der Waals surface area contributed by atoms with E-state index in [2.05, 4.69) is 48.0 Å². The summed E-state index contributed by atoms with van der Waals surface area (Å²) in [5, 5.41) is 10.3. The Bertz CT molecular complexity index is 1350. The lowest BCUT2D eigenvalue weighted by molar-refractivity contribution is 0.541. The van der Waals surface area contributed by atoms with Gasteiger partial charge in [-0.15, -0.1) is 0 Å². The number of thioether (sulfide) groups is 1. The van der Waals surface area contributed by atoms with E-state index in [1.807, 2.05) is 12.1 Å². The molecule has 0 fully saturated rings. The smallest absolute Gasteiger partial charge is 0.141 e. The monoisotopic (exact) mass is 468 g/mol. The molecule has 0 radical (unpaired) electrons. The van der Waals surface area contributed by atoms with Crippen LogP contribution in [0.3, 0.4) is 0 Å². The van der Waals surface area contributed by atoms with Crippen LogP contribution in [0.15, 0.2) is 70.1 Å². The van der Waals surface area contributed by atoms with E-state index in [0.717, 1.165) is 36.1 Å². The Morgan fingerprint density at radius 3 is 2.41 bits per heavy atom. The van der Waals surface area contributed by atoms with Crippen LogP contribution in [0.5, 0.6) is 0 Å². The van der Waals surface area contributed by atoms with Crippen molar-refractivity contribution < 1.29 is 8.78 Å². The number of rotatable bonds is 6. The molecule has 0 saturated carbocycles. The third kappa shape index (κ3) is 5.81. The average Bonchev–Trinajstić information content (AvgIpc) is 3.25. The lowest BCUT2D eigenvalue weighted by Crippen LogP contribution is -1.91. The number of aliphatic imine (C=N–C) groups is 1. The van der Waals surface area contributed by atoms with Crippen molar-refractivity contribution in [2.45, 2.75) is 37.5 Å². The fourth-order valence-corrected chi connectivity index (χ4v) is 4.17. The number of allylic oxidation sites excluding steroid dienone is 1. The number of unbranched alkanes of at least 4 members (excludes halogenated alkanes) is 1. The quantitative estimate of drug-likeness (QED) is 0.160. The Labute approximate surface area is 203 Å². The number of nitriles is 1. The molecule has 0 aromatic heterocycles. The minimum absolute atomic E-state index is 0.282. The maximum absolute atomic E-state index is 14.0. The molecule has 0 spiro atoms. The van der Waals surface area contributed by atoms with Crippen LogP contribution in [0.1, 0.15) is 54.0 Å². The van der Waals surface area contributed by atoms with Gasteiger partial charge in [-0.05, 0) is 96.2 Å². The van der Waals surface area contributed by atoms with Gasteiger partial charge < -0.3 is 0 Å². The molecular weight excluding hydrogens is 446 g/mol. The van der Waals surface area contributed by atoms with Gasteiger partial charge in [-0.1, -0.05) is 42.9 Å². The highest BCUT2D eigenvalue weighted by atomic mass is 32.2. The molecule has 168 valence electrons. The number of thiocyanates is 1. The fraction of sp³-hybridized carbons (Fsp3) is 0.172. The predicted octanol–water partition coefficient (Wildman–Crippen LogP) is 7.82. The Morgan fingerprint density at radius 2 is 1.71 bits per heavy atom. The molecule has 1 aliphatic carbocycles. The molecule has 2 nitrogen and oxygen atoms in total. The van der Waals surface area contributed by atoms with Gasteiger partial charge in [0.25, 0.3) is 0 Å². The summed E-state index contributed by atoms with van der Waals surface area (Å²) in [6.45, 7) is 2.22. The van der Waals surface area contributed by atoms with Crippen molar-refractivity contribution in [1.29, 1.82) is 5.26 Å². The Balaban J connectivity index is 1.43. The molecule has 5 heteroatoms. The summed E-state index contributed by atoms with van der Waals surface area (Å²) in [6, 6.07) is 16.0. The number of fused-ring (bicyclic) bond motifs is 1. The molecule has 4 rings (SSSR count). The zero-order chi connectivity index (χ0) is 23.9. The lowest BCUT2D eigenvalue weighted by atomic mass is 10.0. The first-order valence-electron chi connectivity index (χ1n) is 11.1. The highest BCUT2D eigenvalue weighted by Gasteiger charge is 2.12. The summed E-state index contributed by atoms with van der Waals surface area (Å²) < 4.78 is 27.9. The minimum atomic E-state index is -0.780. The maximum Gasteiger partial charge on any atom is 0.141 e. The lowest BCUT2D eigenvalue weighted by Gasteiger charge is -2.01. The third-order valence-electron chi connectivity index (χ3n) is 5.52. The minimum Gasteiger partial charge on any atom is -0.256 e. The van der Waals surface area contributed by atoms with Gasteiger partial charge in [-0.2, -0.15) is 5.26 Å². The molecule has 0 amide bonds. The van der Waals surface area contributed by atoms with E-state index in [0.29, 0.717) is 17.4 Å². The molecular formula is C29H22F2N2S. The van der Waals surface area contributed by atoms with Crippen molar-refractivity contribution in [3.05, 3.63) is 99.6 Å². The van der Waals surface area contributed by atoms with E-state index in [-0.39, 0.29) is 10.5 Å². The van der Waals surface area contributed by atoms with Crippen molar-refractivity contribution in [3.8, 4) is 17.2 Å². The van der Waals surface area contributed by atoms with E-state index < -0.39 is 11.6 Å². The summed E-state index contributed by atoms with van der Waals surface area (Å²) in [7, 11) is 0. The summed E-state index contributed by atoms with van der Waals surface area (Å²) in [5.74, 6) is 4.85. The molecule has 0 aliphatic heterocycles. The van der Waals surface area contributed by atoms with Crippen LogP contribution < -0.4 is 0 Å². The highest BCUT2D eigenvalue weighted by molar-refractivity contribution is 8.03. The highest BCUT2D eigenvalue weighted by Crippen LogP contribution is 2.29. The van der Waals surface area contributed by atoms with Crippen molar-refractivity contribution in [2.75, 3.05) is 0 Å². The molecule has 0 heterocycles. The maximum atomic E-state index is 14.0. The first-order chi connectivity index (χ1) is 16.6. The van der Waals surface area contributed by atoms with Crippen LogP contribution in [0.25, 0.3) is 6.08 Å². The van der Waals surface area contributed by atoms with E-state index in [1.54, 1.807) is 17.5 Å². The molecule has 0 atom stereocenters. The third-order valence-corrected chi connectivity index (χ3v) is 6.21. The van der Waals surface area contributed by atoms with E-state index >= 15 is 0 Å². The van der Waals surface area contributed by atoms with Crippen molar-refractivity contribution in [2.24, 2.45) is 4.99 Å². The number of benzene rings is 3. The van der Waals surface area contributed by atoms with Crippen LogP contribution in [0.2, 0.25) is 0 Å². The van der Waals surface area contributed by atoms with Crippen molar-refractivity contribution in [1.82, 2.24) is 0 Å². The molecule has 3 aromatic rings. The first kappa shape index (κ1) is 23.5. The summed E-state index contributed by atoms with van der Waals surface area (Å²) in [5.41, 5.74) is 6.91. The van der Waals surface area contributed by atoms with Gasteiger partial charge in [0, 0.05) is 17.3 Å². The second-order valence-electron chi connectivity index (χ2n) is 8.06. The number of hydrogen-bond donors (Lipinski definition) is 0. The van der Waals surface area contributed by atoms with Gasteiger partial charge in [-0.3, -0.25) is 4.99 Å². The zero-order valence-corrected chi connectivity index (χ0v) is 19.6. The topological polar surface area (TPSA) is 36.1 Å². The van der Waals surface area contributed by atoms with Crippen molar-refractivity contribution >= 4 is 29.7 Å². The first-order valence-corrected chi connectivity index (χ1v) is 11.9. The average molecular weight is 469 g/mol. The molecule has 34 heavy (non-hydrogen) atoms. The summed E-state index contributed by atoms with van der Waals surface area (Å²) in [6.07, 6.45) is 8.34. The Kier molecular flexibility index (Phi) is 7.58.